The van der Waals surface area contributed by atoms with Gasteiger partial charge in [-0.1, -0.05) is 23.2 Å². The molecule has 7 heteroatoms. The van der Waals surface area contributed by atoms with Gasteiger partial charge in [0.15, 0.2) is 0 Å². The molecule has 0 aromatic carbocycles. The first-order valence-electron chi connectivity index (χ1n) is 5.68. The van der Waals surface area contributed by atoms with Gasteiger partial charge in [-0.3, -0.25) is 4.79 Å². The molecule has 0 fully saturated rings. The van der Waals surface area contributed by atoms with E-state index in [2.05, 4.69) is 4.98 Å². The van der Waals surface area contributed by atoms with Crippen molar-refractivity contribution in [2.45, 2.75) is 0 Å². The fraction of sp³-hybridized carbons (Fsp3) is 0.500. The third-order valence-electron chi connectivity index (χ3n) is 2.47. The highest BCUT2D eigenvalue weighted by atomic mass is 35.5. The van der Waals surface area contributed by atoms with Gasteiger partial charge < -0.3 is 14.4 Å². The van der Waals surface area contributed by atoms with Crippen molar-refractivity contribution >= 4 is 29.1 Å². The van der Waals surface area contributed by atoms with Crippen LogP contribution in [0.1, 0.15) is 10.4 Å². The average molecular weight is 307 g/mol. The lowest BCUT2D eigenvalue weighted by Gasteiger charge is -2.22. The van der Waals surface area contributed by atoms with Crippen LogP contribution in [-0.2, 0) is 9.47 Å². The molecule has 1 rings (SSSR count). The molecule has 5 nitrogen and oxygen atoms in total. The number of pyridine rings is 1. The second kappa shape index (κ2) is 8.32. The van der Waals surface area contributed by atoms with Gasteiger partial charge in [0.2, 0.25) is 0 Å². The van der Waals surface area contributed by atoms with E-state index in [0.717, 1.165) is 0 Å². The average Bonchev–Trinajstić information content (AvgIpc) is 2.41. The van der Waals surface area contributed by atoms with Crippen LogP contribution in [0.2, 0.25) is 10.2 Å². The number of ether oxygens (including phenoxy) is 2. The van der Waals surface area contributed by atoms with Crippen LogP contribution < -0.4 is 0 Å². The lowest BCUT2D eigenvalue weighted by molar-refractivity contribution is 0.0627. The Hall–Kier alpha value is -0.880. The SMILES string of the molecule is COCCN(CCOC)C(=O)c1cc(Cl)ncc1Cl. The predicted octanol–water partition coefficient (Wildman–Crippen LogP) is 2.12. The standard InChI is InChI=1S/C12H16Cl2N2O3/c1-18-5-3-16(4-6-19-2)12(17)9-7-11(14)15-8-10(9)13/h7-8H,3-6H2,1-2H3. The van der Waals surface area contributed by atoms with E-state index in [1.54, 1.807) is 19.1 Å². The summed E-state index contributed by atoms with van der Waals surface area (Å²) in [5.41, 5.74) is 0.328. The van der Waals surface area contributed by atoms with Gasteiger partial charge >= 0.3 is 0 Å². The first-order valence-corrected chi connectivity index (χ1v) is 6.44. The maximum absolute atomic E-state index is 12.4. The summed E-state index contributed by atoms with van der Waals surface area (Å²) >= 11 is 11.8. The van der Waals surface area contributed by atoms with Crippen molar-refractivity contribution in [3.63, 3.8) is 0 Å². The molecule has 0 bridgehead atoms. The van der Waals surface area contributed by atoms with Crippen molar-refractivity contribution in [1.29, 1.82) is 0 Å². The van der Waals surface area contributed by atoms with E-state index in [0.29, 0.717) is 31.9 Å². The van der Waals surface area contributed by atoms with Gasteiger partial charge in [0.05, 0.1) is 23.8 Å². The Morgan fingerprint density at radius 3 is 2.37 bits per heavy atom. The molecule has 0 aliphatic heterocycles. The number of methoxy groups -OCH3 is 2. The molecule has 0 spiro atoms. The summed E-state index contributed by atoms with van der Waals surface area (Å²) in [7, 11) is 3.16. The van der Waals surface area contributed by atoms with Crippen molar-refractivity contribution in [3.8, 4) is 0 Å². The van der Waals surface area contributed by atoms with Crippen LogP contribution in [-0.4, -0.2) is 56.3 Å². The fourth-order valence-corrected chi connectivity index (χ4v) is 1.81. The molecule has 0 aliphatic carbocycles. The van der Waals surface area contributed by atoms with Gasteiger partial charge in [0.1, 0.15) is 5.15 Å². The highest BCUT2D eigenvalue weighted by Gasteiger charge is 2.18. The molecule has 0 aliphatic rings. The van der Waals surface area contributed by atoms with E-state index in [1.807, 2.05) is 0 Å². The summed E-state index contributed by atoms with van der Waals surface area (Å²) in [6.45, 7) is 1.78. The Morgan fingerprint density at radius 2 is 1.84 bits per heavy atom. The molecule has 0 saturated heterocycles. The van der Waals surface area contributed by atoms with Crippen LogP contribution in [0, 0.1) is 0 Å². The third-order valence-corrected chi connectivity index (χ3v) is 2.98. The van der Waals surface area contributed by atoms with Crippen LogP contribution in [0.3, 0.4) is 0 Å². The molecular formula is C12H16Cl2N2O3. The lowest BCUT2D eigenvalue weighted by Crippen LogP contribution is -2.36. The topological polar surface area (TPSA) is 51.7 Å². The van der Waals surface area contributed by atoms with E-state index in [1.165, 1.54) is 12.3 Å². The molecule has 0 N–H and O–H groups in total. The van der Waals surface area contributed by atoms with E-state index in [4.69, 9.17) is 32.7 Å². The quantitative estimate of drug-likeness (QED) is 0.724. The Labute approximate surface area is 122 Å². The molecule has 1 amide bonds. The maximum atomic E-state index is 12.4. The number of carbonyl (C=O) groups excluding carboxylic acids is 1. The zero-order valence-electron chi connectivity index (χ0n) is 10.9. The van der Waals surface area contributed by atoms with Gasteiger partial charge in [-0.25, -0.2) is 4.98 Å². The minimum Gasteiger partial charge on any atom is -0.383 e. The second-order valence-corrected chi connectivity index (χ2v) is 4.56. The predicted molar refractivity (Wildman–Crippen MR) is 73.9 cm³/mol. The number of nitrogens with zero attached hydrogens (tertiary/aromatic N) is 2. The second-order valence-electron chi connectivity index (χ2n) is 3.76. The Morgan fingerprint density at radius 1 is 1.26 bits per heavy atom. The van der Waals surface area contributed by atoms with Crippen LogP contribution in [0.5, 0.6) is 0 Å². The first-order chi connectivity index (χ1) is 9.10. The number of carbonyl (C=O) groups is 1. The number of hydrogen-bond acceptors (Lipinski definition) is 4. The van der Waals surface area contributed by atoms with Crippen molar-refractivity contribution in [1.82, 2.24) is 9.88 Å². The number of amides is 1. The summed E-state index contributed by atoms with van der Waals surface area (Å²) in [6.07, 6.45) is 1.36. The van der Waals surface area contributed by atoms with Gasteiger partial charge in [0, 0.05) is 33.5 Å². The monoisotopic (exact) mass is 306 g/mol. The summed E-state index contributed by atoms with van der Waals surface area (Å²) in [5.74, 6) is -0.219. The first kappa shape index (κ1) is 16.2. The van der Waals surface area contributed by atoms with E-state index < -0.39 is 0 Å². The van der Waals surface area contributed by atoms with E-state index >= 15 is 0 Å². The number of hydrogen-bond donors (Lipinski definition) is 0. The number of aromatic nitrogens is 1. The third kappa shape index (κ3) is 4.95. The highest BCUT2D eigenvalue weighted by molar-refractivity contribution is 6.35. The van der Waals surface area contributed by atoms with Crippen LogP contribution in [0.15, 0.2) is 12.3 Å². The molecular weight excluding hydrogens is 291 g/mol. The van der Waals surface area contributed by atoms with E-state index in [9.17, 15) is 4.79 Å². The smallest absolute Gasteiger partial charge is 0.255 e. The summed E-state index contributed by atoms with van der Waals surface area (Å²) < 4.78 is 9.97. The molecule has 0 unspecified atom stereocenters. The normalized spacial score (nSPS) is 10.5. The summed E-state index contributed by atoms with van der Waals surface area (Å²) in [6, 6.07) is 1.46. The molecule has 106 valence electrons. The summed E-state index contributed by atoms with van der Waals surface area (Å²) in [5, 5.41) is 0.500. The molecule has 0 radical (unpaired) electrons. The zero-order valence-corrected chi connectivity index (χ0v) is 12.4. The Balaban J connectivity index is 2.87. The molecule has 0 saturated carbocycles. The Bertz CT molecular complexity index is 421. The van der Waals surface area contributed by atoms with Crippen molar-refractivity contribution in [2.75, 3.05) is 40.5 Å². The maximum Gasteiger partial charge on any atom is 0.255 e. The number of halogens is 2. The van der Waals surface area contributed by atoms with Gasteiger partial charge in [-0.15, -0.1) is 0 Å². The number of rotatable bonds is 7. The summed E-state index contributed by atoms with van der Waals surface area (Å²) in [4.78, 5) is 17.8. The minimum absolute atomic E-state index is 0.219. The van der Waals surface area contributed by atoms with Gasteiger partial charge in [-0.2, -0.15) is 0 Å². The van der Waals surface area contributed by atoms with Crippen LogP contribution in [0.25, 0.3) is 0 Å². The molecule has 1 aromatic heterocycles. The van der Waals surface area contributed by atoms with Crippen molar-refractivity contribution < 1.29 is 14.3 Å². The van der Waals surface area contributed by atoms with Crippen molar-refractivity contribution in [3.05, 3.63) is 28.0 Å². The minimum atomic E-state index is -0.219. The lowest BCUT2D eigenvalue weighted by atomic mass is 10.2. The van der Waals surface area contributed by atoms with Gasteiger partial charge in [-0.05, 0) is 6.07 Å². The largest absolute Gasteiger partial charge is 0.383 e. The van der Waals surface area contributed by atoms with E-state index in [-0.39, 0.29) is 16.1 Å². The fourth-order valence-electron chi connectivity index (χ4n) is 1.47. The Kier molecular flexibility index (Phi) is 7.09. The van der Waals surface area contributed by atoms with Crippen molar-refractivity contribution in [2.24, 2.45) is 0 Å². The molecule has 19 heavy (non-hydrogen) atoms. The zero-order chi connectivity index (χ0) is 14.3. The molecule has 1 aromatic rings. The van der Waals surface area contributed by atoms with Crippen LogP contribution in [0.4, 0.5) is 0 Å². The highest BCUT2D eigenvalue weighted by Crippen LogP contribution is 2.19. The molecule has 0 atom stereocenters. The molecule has 1 heterocycles. The van der Waals surface area contributed by atoms with Crippen LogP contribution >= 0.6 is 23.2 Å². The van der Waals surface area contributed by atoms with Gasteiger partial charge in [0.25, 0.3) is 5.91 Å².